The average molecular weight is 623 g/mol. The summed E-state index contributed by atoms with van der Waals surface area (Å²) in [7, 11) is -3.74. The average Bonchev–Trinajstić information content (AvgIpc) is 3.35. The Morgan fingerprint density at radius 3 is 2.45 bits per heavy atom. The maximum Gasteiger partial charge on any atom is 0.192 e. The van der Waals surface area contributed by atoms with Gasteiger partial charge in [0, 0.05) is 13.5 Å². The fourth-order valence-electron chi connectivity index (χ4n) is 8.72. The van der Waals surface area contributed by atoms with Crippen LogP contribution in [-0.2, 0) is 23.7 Å². The van der Waals surface area contributed by atoms with E-state index in [1.54, 1.807) is 7.11 Å². The van der Waals surface area contributed by atoms with Crippen LogP contribution in [0.25, 0.3) is 0 Å². The smallest absolute Gasteiger partial charge is 0.192 e. The fourth-order valence-corrected chi connectivity index (χ4v) is 12.1. The van der Waals surface area contributed by atoms with E-state index >= 15 is 0 Å². The van der Waals surface area contributed by atoms with Crippen LogP contribution in [0.2, 0.25) is 18.1 Å². The summed E-state index contributed by atoms with van der Waals surface area (Å²) in [5.74, 6) is 2.85. The first-order valence-electron chi connectivity index (χ1n) is 16.9. The van der Waals surface area contributed by atoms with Crippen molar-refractivity contribution in [2.45, 2.75) is 148 Å². The van der Waals surface area contributed by atoms with E-state index in [9.17, 15) is 8.42 Å². The zero-order chi connectivity index (χ0) is 31.1. The minimum absolute atomic E-state index is 0.0279. The summed E-state index contributed by atoms with van der Waals surface area (Å²) in [4.78, 5) is 0. The molecule has 5 nitrogen and oxygen atoms in total. The van der Waals surface area contributed by atoms with E-state index in [1.165, 1.54) is 50.5 Å². The van der Waals surface area contributed by atoms with Crippen LogP contribution < -0.4 is 0 Å². The molecule has 0 amide bonds. The van der Waals surface area contributed by atoms with Crippen LogP contribution in [0.15, 0.2) is 22.8 Å². The van der Waals surface area contributed by atoms with Gasteiger partial charge >= 0.3 is 0 Å². The summed E-state index contributed by atoms with van der Waals surface area (Å²) in [5.41, 5.74) is 3.74. The molecule has 3 aliphatic carbocycles. The quantitative estimate of drug-likeness (QED) is 0.131. The minimum Gasteiger partial charge on any atom is -0.414 e. The molecule has 4 rings (SSSR count). The molecule has 0 N–H and O–H groups in total. The molecule has 1 aliphatic heterocycles. The Bertz CT molecular complexity index is 1120. The number of sulfone groups is 1. The maximum atomic E-state index is 13.9. The molecule has 0 bridgehead atoms. The van der Waals surface area contributed by atoms with Crippen molar-refractivity contribution in [1.29, 1.82) is 0 Å². The van der Waals surface area contributed by atoms with Crippen molar-refractivity contribution in [2.75, 3.05) is 19.7 Å². The molecule has 1 heterocycles. The molecule has 2 fully saturated rings. The first-order chi connectivity index (χ1) is 19.5. The molecule has 0 saturated heterocycles. The summed E-state index contributed by atoms with van der Waals surface area (Å²) < 4.78 is 46.1. The van der Waals surface area contributed by atoms with Crippen LogP contribution in [-0.4, -0.2) is 53.8 Å². The molecule has 0 radical (unpaired) electrons. The predicted molar refractivity (Wildman–Crippen MR) is 177 cm³/mol. The molecule has 0 spiro atoms. The van der Waals surface area contributed by atoms with Crippen LogP contribution in [0.3, 0.4) is 0 Å². The number of methoxy groups -OCH3 is 1. The van der Waals surface area contributed by atoms with E-state index in [0.29, 0.717) is 18.8 Å². The molecular formula is C35H62O5SSi. The Morgan fingerprint density at radius 2 is 1.81 bits per heavy atom. The van der Waals surface area contributed by atoms with Crippen molar-refractivity contribution in [2.24, 2.45) is 29.1 Å². The van der Waals surface area contributed by atoms with Crippen molar-refractivity contribution < 1.29 is 22.3 Å². The van der Waals surface area contributed by atoms with Crippen molar-refractivity contribution in [3.8, 4) is 0 Å². The van der Waals surface area contributed by atoms with Gasteiger partial charge in [0.2, 0.25) is 0 Å². The van der Waals surface area contributed by atoms with E-state index in [1.807, 2.05) is 0 Å². The van der Waals surface area contributed by atoms with Crippen molar-refractivity contribution in [3.63, 3.8) is 0 Å². The first-order valence-corrected chi connectivity index (χ1v) is 21.5. The summed E-state index contributed by atoms with van der Waals surface area (Å²) in [6.45, 7) is 21.2. The van der Waals surface area contributed by atoms with Gasteiger partial charge < -0.3 is 13.9 Å². The molecule has 0 aromatic heterocycles. The highest BCUT2D eigenvalue weighted by Crippen LogP contribution is 2.60. The summed E-state index contributed by atoms with van der Waals surface area (Å²) in [5, 5.41) is -0.447. The van der Waals surface area contributed by atoms with E-state index in [4.69, 9.17) is 13.9 Å². The summed E-state index contributed by atoms with van der Waals surface area (Å²) >= 11 is 0. The van der Waals surface area contributed by atoms with Gasteiger partial charge in [-0.3, -0.25) is 0 Å². The normalized spacial score (nSPS) is 35.1. The van der Waals surface area contributed by atoms with Crippen LogP contribution in [0.5, 0.6) is 0 Å². The predicted octanol–water partition coefficient (Wildman–Crippen LogP) is 8.86. The van der Waals surface area contributed by atoms with Gasteiger partial charge in [-0.2, -0.15) is 0 Å². The lowest BCUT2D eigenvalue weighted by atomic mass is 9.60. The van der Waals surface area contributed by atoms with Gasteiger partial charge in [0.1, 0.15) is 12.0 Å². The molecule has 4 aliphatic rings. The number of hydrogen-bond donors (Lipinski definition) is 0. The van der Waals surface area contributed by atoms with Crippen molar-refractivity contribution in [3.05, 3.63) is 22.8 Å². The van der Waals surface area contributed by atoms with Gasteiger partial charge in [0.25, 0.3) is 0 Å². The van der Waals surface area contributed by atoms with E-state index in [2.05, 4.69) is 67.6 Å². The molecule has 0 unspecified atom stereocenters. The van der Waals surface area contributed by atoms with E-state index < -0.39 is 23.4 Å². The number of fused-ring (bicyclic) bond motifs is 1. The lowest BCUT2D eigenvalue weighted by molar-refractivity contribution is -0.0730. The monoisotopic (exact) mass is 622 g/mol. The lowest BCUT2D eigenvalue weighted by Crippen LogP contribution is -2.46. The van der Waals surface area contributed by atoms with Crippen LogP contribution in [0.4, 0.5) is 0 Å². The molecule has 2 saturated carbocycles. The number of rotatable bonds is 11. The second-order valence-electron chi connectivity index (χ2n) is 16.4. The zero-order valence-electron chi connectivity index (χ0n) is 28.6. The van der Waals surface area contributed by atoms with Crippen LogP contribution >= 0.6 is 0 Å². The molecule has 242 valence electrons. The third-order valence-electron chi connectivity index (χ3n) is 12.0. The minimum atomic E-state index is -3.34. The Balaban J connectivity index is 1.61. The third-order valence-corrected chi connectivity index (χ3v) is 18.4. The molecule has 0 aromatic rings. The molecular weight excluding hydrogens is 561 g/mol. The summed E-state index contributed by atoms with van der Waals surface area (Å²) in [6.07, 6.45) is 13.2. The van der Waals surface area contributed by atoms with Gasteiger partial charge in [0.05, 0.1) is 18.0 Å². The number of ether oxygens (including phenoxy) is 2. The van der Waals surface area contributed by atoms with Gasteiger partial charge in [0.15, 0.2) is 18.2 Å². The zero-order valence-corrected chi connectivity index (χ0v) is 30.4. The highest BCUT2D eigenvalue weighted by atomic mass is 32.2. The Labute approximate surface area is 259 Å². The molecule has 42 heavy (non-hydrogen) atoms. The maximum absolute atomic E-state index is 13.9. The lowest BCUT2D eigenvalue weighted by Gasteiger charge is -2.45. The molecule has 0 aromatic carbocycles. The second kappa shape index (κ2) is 13.1. The van der Waals surface area contributed by atoms with Crippen LogP contribution in [0, 0.1) is 29.1 Å². The molecule has 7 heteroatoms. The molecule has 7 atom stereocenters. The Kier molecular flexibility index (Phi) is 10.7. The SMILES string of the molecule is COCO[C@H]1C[C@H](O[Si](C)(C)C(C)(C)C)CC2=C1CS(=O)(=O)[C@@H]2/C=C1\CCC[C@]2(C)[C@@H]([C@H](C)CCCC(C)C)CC[C@@H]12. The Hall–Kier alpha value is -0.473. The van der Waals surface area contributed by atoms with Gasteiger partial charge in [-0.15, -0.1) is 0 Å². The third kappa shape index (κ3) is 7.16. The number of allylic oxidation sites excluding steroid dienone is 1. The topological polar surface area (TPSA) is 61.8 Å². The van der Waals surface area contributed by atoms with Crippen molar-refractivity contribution in [1.82, 2.24) is 0 Å². The van der Waals surface area contributed by atoms with Gasteiger partial charge in [-0.05, 0) is 96.9 Å². The van der Waals surface area contributed by atoms with Gasteiger partial charge in [-0.1, -0.05) is 79.4 Å². The highest BCUT2D eigenvalue weighted by Gasteiger charge is 2.52. The number of hydrogen-bond acceptors (Lipinski definition) is 5. The van der Waals surface area contributed by atoms with E-state index in [0.717, 1.165) is 35.3 Å². The highest BCUT2D eigenvalue weighted by molar-refractivity contribution is 7.92. The van der Waals surface area contributed by atoms with Gasteiger partial charge in [-0.25, -0.2) is 8.42 Å². The largest absolute Gasteiger partial charge is 0.414 e. The second-order valence-corrected chi connectivity index (χ2v) is 23.3. The summed E-state index contributed by atoms with van der Waals surface area (Å²) in [6, 6.07) is 0. The first kappa shape index (κ1) is 34.4. The standard InChI is InChI=1S/C35H62O5SSi/c1-24(2)13-11-14-25(3)30-16-17-31-26(15-12-18-35(30,31)7)19-33-28-20-27(40-42(9,10)34(4,5)6)21-32(39-23-38-8)29(28)22-41(33,36)37/h19,24-25,27,30-33H,11-18,20-23H2,1-10H3/b26-19+/t25-,27-,30-,31+,32+,33-,35-/m1/s1. The van der Waals surface area contributed by atoms with E-state index in [-0.39, 0.29) is 35.2 Å². The van der Waals surface area contributed by atoms with Crippen molar-refractivity contribution >= 4 is 18.2 Å². The Morgan fingerprint density at radius 1 is 1.10 bits per heavy atom. The van der Waals surface area contributed by atoms with Crippen LogP contribution in [0.1, 0.15) is 113 Å². The fraction of sp³-hybridized carbons (Fsp3) is 0.886.